The molecular weight excluding hydrogens is 371 g/mol. The summed E-state index contributed by atoms with van der Waals surface area (Å²) in [5.41, 5.74) is 2.09. The summed E-state index contributed by atoms with van der Waals surface area (Å²) >= 11 is 0. The van der Waals surface area contributed by atoms with Crippen molar-refractivity contribution >= 4 is 11.8 Å². The molecule has 1 aliphatic rings. The van der Waals surface area contributed by atoms with Gasteiger partial charge in [0.2, 0.25) is 0 Å². The van der Waals surface area contributed by atoms with Crippen LogP contribution < -0.4 is 15.5 Å². The van der Waals surface area contributed by atoms with Crippen LogP contribution in [-0.2, 0) is 6.54 Å². The van der Waals surface area contributed by atoms with Crippen molar-refractivity contribution in [1.29, 1.82) is 0 Å². The number of hydrogen-bond acceptors (Lipinski definition) is 5. The molecular formula is C20H23FN8. The standard InChI is InChI=1S/C20H23FN8/c1-22-20(25-11-15-4-6-17(7-5-15)29-14-23-13-26-29)27-16-8-10-28(12-16)19-18(21)3-2-9-24-19/h2-7,9,13-14,16H,8,10-12H2,1H3,(H2,22,25,27). The second kappa shape index (κ2) is 8.68. The van der Waals surface area contributed by atoms with Gasteiger partial charge < -0.3 is 15.5 Å². The molecule has 0 saturated carbocycles. The lowest BCUT2D eigenvalue weighted by atomic mass is 10.2. The highest BCUT2D eigenvalue weighted by Crippen LogP contribution is 2.20. The summed E-state index contributed by atoms with van der Waals surface area (Å²) in [6.45, 7) is 2.08. The Balaban J connectivity index is 1.29. The number of aromatic nitrogens is 4. The first-order chi connectivity index (χ1) is 14.2. The fourth-order valence-electron chi connectivity index (χ4n) is 3.36. The minimum absolute atomic E-state index is 0.178. The van der Waals surface area contributed by atoms with E-state index in [0.29, 0.717) is 18.9 Å². The summed E-state index contributed by atoms with van der Waals surface area (Å²) in [6, 6.07) is 11.3. The Hall–Kier alpha value is -3.49. The third-order valence-electron chi connectivity index (χ3n) is 4.87. The molecule has 1 aliphatic heterocycles. The van der Waals surface area contributed by atoms with Crippen molar-refractivity contribution in [2.45, 2.75) is 19.0 Å². The molecule has 0 radical (unpaired) electrons. The first kappa shape index (κ1) is 18.9. The predicted molar refractivity (Wildman–Crippen MR) is 110 cm³/mol. The molecule has 1 atom stereocenters. The van der Waals surface area contributed by atoms with E-state index in [0.717, 1.165) is 30.2 Å². The van der Waals surface area contributed by atoms with Crippen LogP contribution in [0.25, 0.3) is 5.69 Å². The van der Waals surface area contributed by atoms with Gasteiger partial charge in [0.1, 0.15) is 12.7 Å². The molecule has 1 aromatic carbocycles. The van der Waals surface area contributed by atoms with E-state index in [1.807, 2.05) is 29.2 Å². The Bertz CT molecular complexity index is 955. The van der Waals surface area contributed by atoms with Gasteiger partial charge >= 0.3 is 0 Å². The number of nitrogens with one attached hydrogen (secondary N) is 2. The Morgan fingerprint density at radius 3 is 2.86 bits per heavy atom. The number of rotatable bonds is 5. The SMILES string of the molecule is CN=C(NCc1ccc(-n2cncn2)cc1)NC1CCN(c2ncccc2F)C1. The van der Waals surface area contributed by atoms with Crippen LogP contribution in [0, 0.1) is 5.82 Å². The van der Waals surface area contributed by atoms with Crippen LogP contribution in [0.4, 0.5) is 10.2 Å². The van der Waals surface area contributed by atoms with Crippen LogP contribution in [0.1, 0.15) is 12.0 Å². The minimum Gasteiger partial charge on any atom is -0.352 e. The minimum atomic E-state index is -0.287. The molecule has 9 heteroatoms. The molecule has 0 spiro atoms. The topological polar surface area (TPSA) is 83.3 Å². The van der Waals surface area contributed by atoms with E-state index < -0.39 is 0 Å². The zero-order chi connectivity index (χ0) is 20.1. The second-order valence-electron chi connectivity index (χ2n) is 6.82. The molecule has 1 saturated heterocycles. The van der Waals surface area contributed by atoms with Crippen LogP contribution in [0.2, 0.25) is 0 Å². The van der Waals surface area contributed by atoms with Gasteiger partial charge in [-0.2, -0.15) is 5.10 Å². The third kappa shape index (κ3) is 4.50. The van der Waals surface area contributed by atoms with Gasteiger partial charge in [0.05, 0.1) is 5.69 Å². The average Bonchev–Trinajstić information content (AvgIpc) is 3.44. The van der Waals surface area contributed by atoms with Gasteiger partial charge in [0.25, 0.3) is 0 Å². The number of aliphatic imine (C=N–C) groups is 1. The molecule has 0 bridgehead atoms. The normalized spacial score (nSPS) is 16.8. The number of nitrogens with zero attached hydrogens (tertiary/aromatic N) is 6. The maximum atomic E-state index is 14.0. The smallest absolute Gasteiger partial charge is 0.191 e. The predicted octanol–water partition coefficient (Wildman–Crippen LogP) is 1.75. The highest BCUT2D eigenvalue weighted by Gasteiger charge is 2.25. The Morgan fingerprint density at radius 1 is 1.28 bits per heavy atom. The Morgan fingerprint density at radius 2 is 2.14 bits per heavy atom. The summed E-state index contributed by atoms with van der Waals surface area (Å²) in [5, 5.41) is 10.9. The van der Waals surface area contributed by atoms with E-state index >= 15 is 0 Å². The van der Waals surface area contributed by atoms with E-state index in [4.69, 9.17) is 0 Å². The molecule has 2 N–H and O–H groups in total. The summed E-state index contributed by atoms with van der Waals surface area (Å²) < 4.78 is 15.7. The van der Waals surface area contributed by atoms with Crippen LogP contribution >= 0.6 is 0 Å². The second-order valence-corrected chi connectivity index (χ2v) is 6.82. The number of anilines is 1. The van der Waals surface area contributed by atoms with Crippen LogP contribution in [0.15, 0.2) is 60.2 Å². The first-order valence-electron chi connectivity index (χ1n) is 9.49. The lowest BCUT2D eigenvalue weighted by molar-refractivity contribution is 0.612. The average molecular weight is 394 g/mol. The van der Waals surface area contributed by atoms with Crippen LogP contribution in [-0.4, -0.2) is 51.9 Å². The van der Waals surface area contributed by atoms with Gasteiger partial charge in [0, 0.05) is 38.9 Å². The summed E-state index contributed by atoms with van der Waals surface area (Å²) in [4.78, 5) is 14.4. The maximum absolute atomic E-state index is 14.0. The number of hydrogen-bond donors (Lipinski definition) is 2. The van der Waals surface area contributed by atoms with E-state index in [2.05, 4.69) is 30.7 Å². The number of pyridine rings is 1. The first-order valence-corrected chi connectivity index (χ1v) is 9.49. The van der Waals surface area contributed by atoms with Crippen LogP contribution in [0.5, 0.6) is 0 Å². The summed E-state index contributed by atoms with van der Waals surface area (Å²) in [7, 11) is 1.74. The van der Waals surface area contributed by atoms with Gasteiger partial charge in [0.15, 0.2) is 17.6 Å². The van der Waals surface area contributed by atoms with Crippen molar-refractivity contribution in [2.75, 3.05) is 25.0 Å². The molecule has 0 aliphatic carbocycles. The van der Waals surface area contributed by atoms with Crippen molar-refractivity contribution in [3.63, 3.8) is 0 Å². The van der Waals surface area contributed by atoms with Crippen molar-refractivity contribution in [2.24, 2.45) is 4.99 Å². The molecule has 29 heavy (non-hydrogen) atoms. The van der Waals surface area contributed by atoms with E-state index in [-0.39, 0.29) is 11.9 Å². The molecule has 4 rings (SSSR count). The third-order valence-corrected chi connectivity index (χ3v) is 4.87. The maximum Gasteiger partial charge on any atom is 0.191 e. The zero-order valence-corrected chi connectivity index (χ0v) is 16.2. The monoisotopic (exact) mass is 394 g/mol. The van der Waals surface area contributed by atoms with E-state index in [1.165, 1.54) is 12.4 Å². The highest BCUT2D eigenvalue weighted by atomic mass is 19.1. The van der Waals surface area contributed by atoms with E-state index in [1.54, 1.807) is 30.3 Å². The summed E-state index contributed by atoms with van der Waals surface area (Å²) in [6.07, 6.45) is 5.69. The molecule has 150 valence electrons. The quantitative estimate of drug-likeness (QED) is 0.507. The number of guanidine groups is 1. The Labute approximate surface area is 168 Å². The lowest BCUT2D eigenvalue weighted by Gasteiger charge is -2.20. The lowest BCUT2D eigenvalue weighted by Crippen LogP contribution is -2.44. The van der Waals surface area contributed by atoms with Gasteiger partial charge in [-0.05, 0) is 36.2 Å². The van der Waals surface area contributed by atoms with E-state index in [9.17, 15) is 4.39 Å². The zero-order valence-electron chi connectivity index (χ0n) is 16.2. The van der Waals surface area contributed by atoms with Gasteiger partial charge in [-0.1, -0.05) is 12.1 Å². The summed E-state index contributed by atoms with van der Waals surface area (Å²) in [5.74, 6) is 0.843. The van der Waals surface area contributed by atoms with Crippen molar-refractivity contribution < 1.29 is 4.39 Å². The van der Waals surface area contributed by atoms with Gasteiger partial charge in [-0.25, -0.2) is 19.0 Å². The van der Waals surface area contributed by atoms with Crippen molar-refractivity contribution in [3.8, 4) is 5.69 Å². The molecule has 2 aromatic heterocycles. The number of halogens is 1. The van der Waals surface area contributed by atoms with Crippen LogP contribution in [0.3, 0.4) is 0 Å². The van der Waals surface area contributed by atoms with Gasteiger partial charge in [-0.15, -0.1) is 0 Å². The Kier molecular flexibility index (Phi) is 5.64. The molecule has 3 heterocycles. The van der Waals surface area contributed by atoms with Crippen molar-refractivity contribution in [1.82, 2.24) is 30.4 Å². The van der Waals surface area contributed by atoms with Gasteiger partial charge in [-0.3, -0.25) is 4.99 Å². The molecule has 0 amide bonds. The molecule has 3 aromatic rings. The van der Waals surface area contributed by atoms with Crippen molar-refractivity contribution in [3.05, 3.63) is 66.6 Å². The molecule has 1 fully saturated rings. The largest absolute Gasteiger partial charge is 0.352 e. The molecule has 8 nitrogen and oxygen atoms in total. The fraction of sp³-hybridized carbons (Fsp3) is 0.300. The number of benzene rings is 1. The highest BCUT2D eigenvalue weighted by molar-refractivity contribution is 5.80. The fourth-order valence-corrected chi connectivity index (χ4v) is 3.36. The molecule has 1 unspecified atom stereocenters.